The number of benzene rings is 1. The summed E-state index contributed by atoms with van der Waals surface area (Å²) in [6.45, 7) is 3.94. The fourth-order valence-corrected chi connectivity index (χ4v) is 4.59. The first-order valence-electron chi connectivity index (χ1n) is 9.44. The minimum absolute atomic E-state index is 0.256. The van der Waals surface area contributed by atoms with Crippen molar-refractivity contribution >= 4 is 17.7 Å². The van der Waals surface area contributed by atoms with E-state index in [1.54, 1.807) is 11.8 Å². The van der Waals surface area contributed by atoms with Crippen LogP contribution in [0.25, 0.3) is 5.69 Å². The molecule has 6 nitrogen and oxygen atoms in total. The second kappa shape index (κ2) is 8.22. The Morgan fingerprint density at radius 3 is 2.50 bits per heavy atom. The maximum absolute atomic E-state index is 12.1. The van der Waals surface area contributed by atoms with E-state index in [0.29, 0.717) is 12.3 Å². The molecule has 0 saturated carbocycles. The molecule has 0 radical (unpaired) electrons. The van der Waals surface area contributed by atoms with E-state index in [0.717, 1.165) is 55.7 Å². The van der Waals surface area contributed by atoms with Gasteiger partial charge in [0.2, 0.25) is 5.91 Å². The second-order valence-corrected chi connectivity index (χ2v) is 7.85. The van der Waals surface area contributed by atoms with Crippen molar-refractivity contribution in [3.63, 3.8) is 0 Å². The standard InChI is InChI=1S/C19H25N5OS/c25-18-10-4-5-13-23(18)15-26-19-21-20-17(14-22-11-6-7-12-22)24(19)16-8-2-1-3-9-16/h1-3,8-9H,4-7,10-15H2. The quantitative estimate of drug-likeness (QED) is 0.731. The van der Waals surface area contributed by atoms with Gasteiger partial charge < -0.3 is 4.90 Å². The lowest BCUT2D eigenvalue weighted by Gasteiger charge is -2.26. The summed E-state index contributed by atoms with van der Waals surface area (Å²) in [5, 5.41) is 9.81. The van der Waals surface area contributed by atoms with Gasteiger partial charge in [-0.1, -0.05) is 30.0 Å². The first kappa shape index (κ1) is 17.5. The van der Waals surface area contributed by atoms with Gasteiger partial charge in [0.25, 0.3) is 0 Å². The molecule has 26 heavy (non-hydrogen) atoms. The molecule has 7 heteroatoms. The largest absolute Gasteiger partial charge is 0.333 e. The molecule has 2 aromatic rings. The summed E-state index contributed by atoms with van der Waals surface area (Å²) in [6.07, 6.45) is 5.31. The van der Waals surface area contributed by atoms with Crippen LogP contribution in [0.3, 0.4) is 0 Å². The highest BCUT2D eigenvalue weighted by Crippen LogP contribution is 2.25. The number of hydrogen-bond donors (Lipinski definition) is 0. The average Bonchev–Trinajstić information content (AvgIpc) is 3.32. The Morgan fingerprint density at radius 1 is 0.962 bits per heavy atom. The number of para-hydroxylation sites is 1. The summed E-state index contributed by atoms with van der Waals surface area (Å²) in [5.41, 5.74) is 1.08. The van der Waals surface area contributed by atoms with Gasteiger partial charge in [-0.25, -0.2) is 0 Å². The van der Waals surface area contributed by atoms with Crippen molar-refractivity contribution in [2.75, 3.05) is 25.5 Å². The number of likely N-dealkylation sites (tertiary alicyclic amines) is 2. The molecule has 1 amide bonds. The maximum atomic E-state index is 12.1. The summed E-state index contributed by atoms with van der Waals surface area (Å²) in [4.78, 5) is 16.4. The molecule has 2 aliphatic heterocycles. The van der Waals surface area contributed by atoms with E-state index >= 15 is 0 Å². The zero-order valence-electron chi connectivity index (χ0n) is 15.0. The Balaban J connectivity index is 1.55. The van der Waals surface area contributed by atoms with Crippen LogP contribution < -0.4 is 0 Å². The van der Waals surface area contributed by atoms with Crippen LogP contribution in [0, 0.1) is 0 Å². The number of piperidine rings is 1. The number of rotatable bonds is 6. The van der Waals surface area contributed by atoms with E-state index in [-0.39, 0.29) is 5.91 Å². The lowest BCUT2D eigenvalue weighted by molar-refractivity contribution is -0.132. The van der Waals surface area contributed by atoms with Crippen molar-refractivity contribution in [2.24, 2.45) is 0 Å². The number of thioether (sulfide) groups is 1. The topological polar surface area (TPSA) is 54.3 Å². The predicted octanol–water partition coefficient (Wildman–Crippen LogP) is 2.93. The highest BCUT2D eigenvalue weighted by molar-refractivity contribution is 7.99. The molecule has 0 spiro atoms. The first-order chi connectivity index (χ1) is 12.8. The molecule has 138 valence electrons. The molecule has 3 heterocycles. The van der Waals surface area contributed by atoms with Crippen LogP contribution in [0.1, 0.15) is 37.9 Å². The van der Waals surface area contributed by atoms with Gasteiger partial charge in [-0.3, -0.25) is 14.3 Å². The summed E-state index contributed by atoms with van der Waals surface area (Å²) in [5.74, 6) is 1.88. The molecule has 0 bridgehead atoms. The molecule has 4 rings (SSSR count). The monoisotopic (exact) mass is 371 g/mol. The molecular weight excluding hydrogens is 346 g/mol. The predicted molar refractivity (Wildman–Crippen MR) is 102 cm³/mol. The normalized spacial score (nSPS) is 18.6. The molecule has 0 atom stereocenters. The third-order valence-corrected chi connectivity index (χ3v) is 6.01. The van der Waals surface area contributed by atoms with Gasteiger partial charge >= 0.3 is 0 Å². The number of nitrogens with zero attached hydrogens (tertiary/aromatic N) is 5. The second-order valence-electron chi connectivity index (χ2n) is 6.94. The third-order valence-electron chi connectivity index (χ3n) is 5.05. The minimum Gasteiger partial charge on any atom is -0.333 e. The number of amides is 1. The van der Waals surface area contributed by atoms with Crippen LogP contribution in [0.2, 0.25) is 0 Å². The van der Waals surface area contributed by atoms with Crippen molar-refractivity contribution in [2.45, 2.75) is 43.8 Å². The van der Waals surface area contributed by atoms with Gasteiger partial charge in [0.1, 0.15) is 0 Å². The SMILES string of the molecule is O=C1CCCCN1CSc1nnc(CN2CCCC2)n1-c1ccccc1. The molecule has 1 aromatic carbocycles. The van der Waals surface area contributed by atoms with Crippen LogP contribution in [0.15, 0.2) is 35.5 Å². The van der Waals surface area contributed by atoms with Crippen LogP contribution in [0.4, 0.5) is 0 Å². The fourth-order valence-electron chi connectivity index (χ4n) is 3.61. The maximum Gasteiger partial charge on any atom is 0.223 e. The van der Waals surface area contributed by atoms with Crippen LogP contribution in [-0.4, -0.2) is 56.0 Å². The lowest BCUT2D eigenvalue weighted by atomic mass is 10.1. The van der Waals surface area contributed by atoms with Crippen LogP contribution >= 0.6 is 11.8 Å². The molecule has 0 unspecified atom stereocenters. The average molecular weight is 372 g/mol. The number of carbonyl (C=O) groups is 1. The summed E-state index contributed by atoms with van der Waals surface area (Å²) in [6, 6.07) is 10.3. The van der Waals surface area contributed by atoms with E-state index in [1.165, 1.54) is 12.8 Å². The van der Waals surface area contributed by atoms with Gasteiger partial charge in [-0.05, 0) is 50.9 Å². The Labute approximate surface area is 158 Å². The van der Waals surface area contributed by atoms with Crippen molar-refractivity contribution < 1.29 is 4.79 Å². The van der Waals surface area contributed by atoms with Gasteiger partial charge in [0, 0.05) is 18.7 Å². The van der Waals surface area contributed by atoms with Crippen LogP contribution in [-0.2, 0) is 11.3 Å². The Hall–Kier alpha value is -1.86. The molecule has 2 saturated heterocycles. The van der Waals surface area contributed by atoms with Gasteiger partial charge in [0.05, 0.1) is 12.4 Å². The zero-order valence-corrected chi connectivity index (χ0v) is 15.8. The lowest BCUT2D eigenvalue weighted by Crippen LogP contribution is -2.34. The molecule has 1 aromatic heterocycles. The summed E-state index contributed by atoms with van der Waals surface area (Å²) in [7, 11) is 0. The highest BCUT2D eigenvalue weighted by Gasteiger charge is 2.22. The van der Waals surface area contributed by atoms with E-state index < -0.39 is 0 Å². The van der Waals surface area contributed by atoms with Gasteiger partial charge in [0.15, 0.2) is 11.0 Å². The Kier molecular flexibility index (Phi) is 5.55. The van der Waals surface area contributed by atoms with Crippen molar-refractivity contribution in [1.82, 2.24) is 24.6 Å². The van der Waals surface area contributed by atoms with Gasteiger partial charge in [-0.2, -0.15) is 0 Å². The molecular formula is C19H25N5OS. The van der Waals surface area contributed by atoms with Crippen LogP contribution in [0.5, 0.6) is 0 Å². The van der Waals surface area contributed by atoms with Gasteiger partial charge in [-0.15, -0.1) is 10.2 Å². The number of hydrogen-bond acceptors (Lipinski definition) is 5. The fraction of sp³-hybridized carbons (Fsp3) is 0.526. The Morgan fingerprint density at radius 2 is 1.73 bits per heavy atom. The summed E-state index contributed by atoms with van der Waals surface area (Å²) < 4.78 is 2.15. The molecule has 2 fully saturated rings. The van der Waals surface area contributed by atoms with Crippen molar-refractivity contribution in [3.05, 3.63) is 36.2 Å². The number of carbonyl (C=O) groups excluding carboxylic acids is 1. The smallest absolute Gasteiger partial charge is 0.223 e. The molecule has 0 N–H and O–H groups in total. The van der Waals surface area contributed by atoms with Crippen molar-refractivity contribution in [1.29, 1.82) is 0 Å². The van der Waals surface area contributed by atoms with E-state index in [1.807, 2.05) is 23.1 Å². The minimum atomic E-state index is 0.256. The highest BCUT2D eigenvalue weighted by atomic mass is 32.2. The van der Waals surface area contributed by atoms with Crippen molar-refractivity contribution in [3.8, 4) is 5.69 Å². The number of aromatic nitrogens is 3. The van der Waals surface area contributed by atoms with E-state index in [2.05, 4.69) is 31.8 Å². The third kappa shape index (κ3) is 3.94. The van der Waals surface area contributed by atoms with E-state index in [9.17, 15) is 4.79 Å². The Bertz CT molecular complexity index is 742. The zero-order chi connectivity index (χ0) is 17.8. The summed E-state index contributed by atoms with van der Waals surface area (Å²) >= 11 is 1.61. The molecule has 2 aliphatic rings. The first-order valence-corrected chi connectivity index (χ1v) is 10.4. The van der Waals surface area contributed by atoms with E-state index in [4.69, 9.17) is 0 Å². The molecule has 0 aliphatic carbocycles.